The third kappa shape index (κ3) is 2.74. The quantitative estimate of drug-likeness (QED) is 0.925. The van der Waals surface area contributed by atoms with E-state index in [2.05, 4.69) is 20.2 Å². The van der Waals surface area contributed by atoms with E-state index in [-0.39, 0.29) is 5.91 Å². The van der Waals surface area contributed by atoms with Gasteiger partial charge in [-0.25, -0.2) is 0 Å². The normalized spacial score (nSPS) is 27.0. The summed E-state index contributed by atoms with van der Waals surface area (Å²) in [5.74, 6) is 0.772. The predicted octanol–water partition coefficient (Wildman–Crippen LogP) is 2.09. The van der Waals surface area contributed by atoms with Crippen molar-refractivity contribution in [2.75, 3.05) is 20.1 Å². The molecule has 1 aromatic rings. The zero-order valence-corrected chi connectivity index (χ0v) is 13.4. The van der Waals surface area contributed by atoms with Gasteiger partial charge in [0.05, 0.1) is 11.9 Å². The van der Waals surface area contributed by atoms with E-state index in [1.165, 1.54) is 32.1 Å². The van der Waals surface area contributed by atoms with Crippen molar-refractivity contribution in [1.82, 2.24) is 20.2 Å². The molecule has 2 heterocycles. The highest BCUT2D eigenvalue weighted by Crippen LogP contribution is 2.39. The molecular formula is C17H26N4O. The summed E-state index contributed by atoms with van der Waals surface area (Å²) in [6.07, 6.45) is 13.6. The van der Waals surface area contributed by atoms with Crippen LogP contribution in [0.2, 0.25) is 0 Å². The van der Waals surface area contributed by atoms with Gasteiger partial charge < -0.3 is 5.32 Å². The number of likely N-dealkylation sites (tertiary alicyclic amines) is 1. The molecule has 0 radical (unpaired) electrons. The van der Waals surface area contributed by atoms with Crippen LogP contribution < -0.4 is 5.32 Å². The fraction of sp³-hybridized carbons (Fsp3) is 0.706. The van der Waals surface area contributed by atoms with Crippen LogP contribution in [0.15, 0.2) is 18.6 Å². The molecule has 1 saturated carbocycles. The summed E-state index contributed by atoms with van der Waals surface area (Å²) >= 11 is 0. The maximum atomic E-state index is 12.8. The summed E-state index contributed by atoms with van der Waals surface area (Å²) in [4.78, 5) is 23.8. The second-order valence-corrected chi connectivity index (χ2v) is 6.58. The van der Waals surface area contributed by atoms with Crippen LogP contribution in [0.1, 0.15) is 50.6 Å². The molecule has 0 aromatic carbocycles. The standard InChI is InChI=1S/C17H26N4O/c1-18-16(22)17(15-12-19-9-10-20-15)8-5-11-21(17)13-14-6-3-2-4-7-14/h9-10,12,14H,2-8,11,13H2,1H3,(H,18,22). The van der Waals surface area contributed by atoms with Gasteiger partial charge in [-0.1, -0.05) is 19.3 Å². The summed E-state index contributed by atoms with van der Waals surface area (Å²) in [7, 11) is 1.72. The van der Waals surface area contributed by atoms with Crippen molar-refractivity contribution in [1.29, 1.82) is 0 Å². The summed E-state index contributed by atoms with van der Waals surface area (Å²) in [5.41, 5.74) is 0.170. The highest BCUT2D eigenvalue weighted by Gasteiger charge is 2.50. The number of hydrogen-bond donors (Lipinski definition) is 1. The number of nitrogens with one attached hydrogen (secondary N) is 1. The minimum absolute atomic E-state index is 0.0568. The van der Waals surface area contributed by atoms with Gasteiger partial charge in [0, 0.05) is 26.0 Å². The lowest BCUT2D eigenvalue weighted by atomic mass is 9.86. The van der Waals surface area contributed by atoms with Crippen molar-refractivity contribution in [2.24, 2.45) is 5.92 Å². The number of hydrogen-bond acceptors (Lipinski definition) is 4. The molecule has 1 atom stereocenters. The van der Waals surface area contributed by atoms with Crippen LogP contribution in [0.3, 0.4) is 0 Å². The molecule has 22 heavy (non-hydrogen) atoms. The summed E-state index contributed by atoms with van der Waals surface area (Å²) in [6.45, 7) is 1.98. The Kier molecular flexibility index (Phi) is 4.71. The number of aromatic nitrogens is 2. The van der Waals surface area contributed by atoms with Gasteiger partial charge in [-0.3, -0.25) is 19.7 Å². The smallest absolute Gasteiger partial charge is 0.246 e. The van der Waals surface area contributed by atoms with E-state index in [1.807, 2.05) is 0 Å². The van der Waals surface area contributed by atoms with Crippen molar-refractivity contribution in [3.05, 3.63) is 24.3 Å². The van der Waals surface area contributed by atoms with E-state index in [9.17, 15) is 4.79 Å². The Morgan fingerprint density at radius 3 is 2.82 bits per heavy atom. The lowest BCUT2D eigenvalue weighted by Crippen LogP contribution is -2.54. The number of likely N-dealkylation sites (N-methyl/N-ethyl adjacent to an activating group) is 1. The Morgan fingerprint density at radius 2 is 2.14 bits per heavy atom. The maximum absolute atomic E-state index is 12.8. The monoisotopic (exact) mass is 302 g/mol. The van der Waals surface area contributed by atoms with Crippen molar-refractivity contribution in [3.8, 4) is 0 Å². The zero-order chi connectivity index (χ0) is 15.4. The number of nitrogens with zero attached hydrogens (tertiary/aromatic N) is 3. The van der Waals surface area contributed by atoms with Crippen molar-refractivity contribution >= 4 is 5.91 Å². The summed E-state index contributed by atoms with van der Waals surface area (Å²) in [6, 6.07) is 0. The predicted molar refractivity (Wildman–Crippen MR) is 85.2 cm³/mol. The maximum Gasteiger partial charge on any atom is 0.246 e. The SMILES string of the molecule is CNC(=O)C1(c2cnccn2)CCCN1CC1CCCCC1. The molecule has 1 N–H and O–H groups in total. The highest BCUT2D eigenvalue weighted by molar-refractivity contribution is 5.87. The molecule has 3 rings (SSSR count). The molecule has 5 nitrogen and oxygen atoms in total. The molecule has 2 aliphatic rings. The Balaban J connectivity index is 1.88. The van der Waals surface area contributed by atoms with Crippen LogP contribution in [-0.2, 0) is 10.3 Å². The molecule has 1 aliphatic carbocycles. The van der Waals surface area contributed by atoms with E-state index >= 15 is 0 Å². The second kappa shape index (κ2) is 6.73. The van der Waals surface area contributed by atoms with E-state index in [1.54, 1.807) is 25.6 Å². The molecule has 1 amide bonds. The van der Waals surface area contributed by atoms with Crippen LogP contribution in [-0.4, -0.2) is 40.9 Å². The number of rotatable bonds is 4. The molecular weight excluding hydrogens is 276 g/mol. The van der Waals surface area contributed by atoms with Gasteiger partial charge >= 0.3 is 0 Å². The van der Waals surface area contributed by atoms with Gasteiger partial charge in [0.1, 0.15) is 5.54 Å². The highest BCUT2D eigenvalue weighted by atomic mass is 16.2. The Labute approximate surface area is 132 Å². The average molecular weight is 302 g/mol. The largest absolute Gasteiger partial charge is 0.357 e. The Bertz CT molecular complexity index is 501. The first-order valence-electron chi connectivity index (χ1n) is 8.51. The third-order valence-corrected chi connectivity index (χ3v) is 5.30. The van der Waals surface area contributed by atoms with E-state index in [0.717, 1.165) is 31.6 Å². The van der Waals surface area contributed by atoms with Crippen LogP contribution in [0, 0.1) is 5.92 Å². The van der Waals surface area contributed by atoms with E-state index in [0.29, 0.717) is 5.92 Å². The molecule has 120 valence electrons. The van der Waals surface area contributed by atoms with E-state index in [4.69, 9.17) is 0 Å². The lowest BCUT2D eigenvalue weighted by Gasteiger charge is -2.38. The van der Waals surface area contributed by atoms with Gasteiger partial charge in [0.15, 0.2) is 0 Å². The number of amides is 1. The second-order valence-electron chi connectivity index (χ2n) is 6.58. The van der Waals surface area contributed by atoms with Gasteiger partial charge in [-0.05, 0) is 38.1 Å². The Morgan fingerprint density at radius 1 is 1.32 bits per heavy atom. The molecule has 1 saturated heterocycles. The van der Waals surface area contributed by atoms with Crippen LogP contribution in [0.4, 0.5) is 0 Å². The van der Waals surface area contributed by atoms with Crippen LogP contribution in [0.25, 0.3) is 0 Å². The summed E-state index contributed by atoms with van der Waals surface area (Å²) in [5, 5.41) is 2.87. The number of carbonyl (C=O) groups is 1. The average Bonchev–Trinajstić information content (AvgIpc) is 3.00. The molecule has 0 bridgehead atoms. The molecule has 1 aromatic heterocycles. The molecule has 2 fully saturated rings. The van der Waals surface area contributed by atoms with Crippen molar-refractivity contribution in [2.45, 2.75) is 50.5 Å². The summed E-state index contributed by atoms with van der Waals surface area (Å²) < 4.78 is 0. The minimum Gasteiger partial charge on any atom is -0.357 e. The molecule has 1 unspecified atom stereocenters. The Hall–Kier alpha value is -1.49. The number of carbonyl (C=O) groups excluding carboxylic acids is 1. The first-order chi connectivity index (χ1) is 10.8. The van der Waals surface area contributed by atoms with Gasteiger partial charge in [0.25, 0.3) is 0 Å². The van der Waals surface area contributed by atoms with Crippen molar-refractivity contribution in [3.63, 3.8) is 0 Å². The van der Waals surface area contributed by atoms with E-state index < -0.39 is 5.54 Å². The van der Waals surface area contributed by atoms with Gasteiger partial charge in [0.2, 0.25) is 5.91 Å². The van der Waals surface area contributed by atoms with Gasteiger partial charge in [-0.2, -0.15) is 0 Å². The van der Waals surface area contributed by atoms with Crippen LogP contribution in [0.5, 0.6) is 0 Å². The zero-order valence-electron chi connectivity index (χ0n) is 13.4. The topological polar surface area (TPSA) is 58.1 Å². The fourth-order valence-electron chi connectivity index (χ4n) is 4.19. The first kappa shape index (κ1) is 15.4. The molecule has 0 spiro atoms. The third-order valence-electron chi connectivity index (χ3n) is 5.30. The minimum atomic E-state index is -0.625. The lowest BCUT2D eigenvalue weighted by molar-refractivity contribution is -0.132. The first-order valence-corrected chi connectivity index (χ1v) is 8.51. The molecule has 1 aliphatic heterocycles. The fourth-order valence-corrected chi connectivity index (χ4v) is 4.19. The van der Waals surface area contributed by atoms with Gasteiger partial charge in [-0.15, -0.1) is 0 Å². The molecule has 5 heteroatoms. The van der Waals surface area contributed by atoms with Crippen LogP contribution >= 0.6 is 0 Å². The van der Waals surface area contributed by atoms with Crippen molar-refractivity contribution < 1.29 is 4.79 Å².